The summed E-state index contributed by atoms with van der Waals surface area (Å²) in [5.74, 6) is 0.0133. The minimum atomic E-state index is 0.0133. The Bertz CT molecular complexity index is 615. The lowest BCUT2D eigenvalue weighted by atomic mass is 10.1. The highest BCUT2D eigenvalue weighted by atomic mass is 16.2. The number of carbonyl (C=O) groups excluding carboxylic acids is 1. The number of aromatic nitrogens is 2. The topological polar surface area (TPSA) is 49.3 Å². The first-order valence-electron chi connectivity index (χ1n) is 7.01. The van der Waals surface area contributed by atoms with E-state index in [4.69, 9.17) is 0 Å². The van der Waals surface area contributed by atoms with Gasteiger partial charge in [-0.15, -0.1) is 0 Å². The first kappa shape index (κ1) is 13.0. The van der Waals surface area contributed by atoms with Crippen LogP contribution in [0.2, 0.25) is 0 Å². The van der Waals surface area contributed by atoms with E-state index < -0.39 is 0 Å². The molecule has 0 radical (unpaired) electrons. The number of hydrogen-bond acceptors (Lipinski definition) is 4. The number of benzene rings is 1. The van der Waals surface area contributed by atoms with Gasteiger partial charge in [0.05, 0.1) is 5.52 Å². The second-order valence-corrected chi connectivity index (χ2v) is 4.97. The summed E-state index contributed by atoms with van der Waals surface area (Å²) >= 11 is 0. The first-order valence-corrected chi connectivity index (χ1v) is 7.01. The summed E-state index contributed by atoms with van der Waals surface area (Å²) in [5.41, 5.74) is 1.33. The van der Waals surface area contributed by atoms with Crippen LogP contribution in [0.1, 0.15) is 17.4 Å². The van der Waals surface area contributed by atoms with Crippen LogP contribution < -0.4 is 0 Å². The molecular weight excluding hydrogens is 252 g/mol. The zero-order valence-corrected chi connectivity index (χ0v) is 11.6. The Morgan fingerprint density at radius 2 is 1.90 bits per heavy atom. The summed E-state index contributed by atoms with van der Waals surface area (Å²) < 4.78 is 0. The van der Waals surface area contributed by atoms with Gasteiger partial charge in [-0.2, -0.15) is 0 Å². The Hall–Kier alpha value is -2.01. The molecule has 1 fully saturated rings. The Morgan fingerprint density at radius 3 is 2.65 bits per heavy atom. The third-order valence-electron chi connectivity index (χ3n) is 3.85. The predicted molar refractivity (Wildman–Crippen MR) is 77.6 cm³/mol. The molecule has 2 aromatic rings. The first-order chi connectivity index (χ1) is 9.79. The van der Waals surface area contributed by atoms with Gasteiger partial charge < -0.3 is 9.80 Å². The number of amides is 1. The van der Waals surface area contributed by atoms with Crippen molar-refractivity contribution in [1.29, 1.82) is 0 Å². The van der Waals surface area contributed by atoms with Gasteiger partial charge in [0, 0.05) is 31.6 Å². The van der Waals surface area contributed by atoms with E-state index >= 15 is 0 Å². The highest BCUT2D eigenvalue weighted by Gasteiger charge is 2.23. The highest BCUT2D eigenvalue weighted by Crippen LogP contribution is 2.16. The van der Waals surface area contributed by atoms with Crippen molar-refractivity contribution in [3.05, 3.63) is 36.3 Å². The average molecular weight is 270 g/mol. The molecule has 0 aliphatic carbocycles. The maximum atomic E-state index is 12.6. The molecule has 1 aromatic carbocycles. The van der Waals surface area contributed by atoms with Crippen LogP contribution in [0, 0.1) is 0 Å². The molecular formula is C15H18N4O. The van der Waals surface area contributed by atoms with Crippen LogP contribution in [-0.4, -0.2) is 58.4 Å². The fraction of sp³-hybridized carbons (Fsp3) is 0.400. The Morgan fingerprint density at radius 1 is 1.15 bits per heavy atom. The Labute approximate surface area is 118 Å². The molecule has 0 unspecified atom stereocenters. The normalized spacial score (nSPS) is 16.6. The van der Waals surface area contributed by atoms with Gasteiger partial charge in [-0.1, -0.05) is 25.1 Å². The van der Waals surface area contributed by atoms with Crippen molar-refractivity contribution in [3.8, 4) is 0 Å². The van der Waals surface area contributed by atoms with Crippen molar-refractivity contribution >= 4 is 16.8 Å². The monoisotopic (exact) mass is 270 g/mol. The molecule has 0 bridgehead atoms. The lowest BCUT2D eigenvalue weighted by Crippen LogP contribution is -2.48. The SMILES string of the molecule is CCN1CCN(C(=O)c2ncnc3ccccc23)CC1. The zero-order valence-electron chi connectivity index (χ0n) is 11.6. The molecule has 20 heavy (non-hydrogen) atoms. The third-order valence-corrected chi connectivity index (χ3v) is 3.85. The van der Waals surface area contributed by atoms with Crippen molar-refractivity contribution in [2.75, 3.05) is 32.7 Å². The van der Waals surface area contributed by atoms with Gasteiger partial charge >= 0.3 is 0 Å². The lowest BCUT2D eigenvalue weighted by Gasteiger charge is -2.33. The maximum Gasteiger partial charge on any atom is 0.273 e. The molecule has 5 nitrogen and oxygen atoms in total. The second-order valence-electron chi connectivity index (χ2n) is 4.97. The minimum Gasteiger partial charge on any atom is -0.335 e. The lowest BCUT2D eigenvalue weighted by molar-refractivity contribution is 0.0639. The standard InChI is InChI=1S/C15H18N4O/c1-2-18-7-9-19(10-8-18)15(20)14-12-5-3-4-6-13(12)16-11-17-14/h3-6,11H,2,7-10H2,1H3. The Balaban J connectivity index is 1.86. The van der Waals surface area contributed by atoms with Crippen molar-refractivity contribution in [2.24, 2.45) is 0 Å². The molecule has 0 N–H and O–H groups in total. The number of carbonyl (C=O) groups is 1. The van der Waals surface area contributed by atoms with Crippen molar-refractivity contribution < 1.29 is 4.79 Å². The zero-order chi connectivity index (χ0) is 13.9. The van der Waals surface area contributed by atoms with Gasteiger partial charge in [0.2, 0.25) is 0 Å². The van der Waals surface area contributed by atoms with Crippen molar-refractivity contribution in [2.45, 2.75) is 6.92 Å². The van der Waals surface area contributed by atoms with Crippen LogP contribution in [0.5, 0.6) is 0 Å². The molecule has 0 atom stereocenters. The van der Waals surface area contributed by atoms with Crippen molar-refractivity contribution in [3.63, 3.8) is 0 Å². The van der Waals surface area contributed by atoms with Crippen LogP contribution >= 0.6 is 0 Å². The predicted octanol–water partition coefficient (Wildman–Crippen LogP) is 1.41. The molecule has 1 amide bonds. The van der Waals surface area contributed by atoms with E-state index in [0.717, 1.165) is 43.6 Å². The number of likely N-dealkylation sites (N-methyl/N-ethyl adjacent to an activating group) is 1. The fourth-order valence-electron chi connectivity index (χ4n) is 2.59. The molecule has 1 saturated heterocycles. The van der Waals surface area contributed by atoms with Crippen LogP contribution in [0.25, 0.3) is 10.9 Å². The molecule has 104 valence electrons. The molecule has 0 spiro atoms. The largest absolute Gasteiger partial charge is 0.335 e. The molecule has 0 saturated carbocycles. The van der Waals surface area contributed by atoms with E-state index in [0.29, 0.717) is 5.69 Å². The van der Waals surface area contributed by atoms with E-state index in [9.17, 15) is 4.79 Å². The van der Waals surface area contributed by atoms with E-state index in [1.54, 1.807) is 0 Å². The number of hydrogen-bond donors (Lipinski definition) is 0. The number of nitrogens with zero attached hydrogens (tertiary/aromatic N) is 4. The maximum absolute atomic E-state index is 12.6. The molecule has 1 aromatic heterocycles. The van der Waals surface area contributed by atoms with Gasteiger partial charge in [0.1, 0.15) is 12.0 Å². The Kier molecular flexibility index (Phi) is 3.60. The van der Waals surface area contributed by atoms with Crippen LogP contribution in [0.15, 0.2) is 30.6 Å². The smallest absolute Gasteiger partial charge is 0.273 e. The number of piperazine rings is 1. The quantitative estimate of drug-likeness (QED) is 0.828. The summed E-state index contributed by atoms with van der Waals surface area (Å²) in [6, 6.07) is 7.65. The van der Waals surface area contributed by atoms with E-state index in [1.807, 2.05) is 29.2 Å². The molecule has 1 aliphatic heterocycles. The molecule has 1 aliphatic rings. The van der Waals surface area contributed by atoms with E-state index in [2.05, 4.69) is 21.8 Å². The van der Waals surface area contributed by atoms with Gasteiger partial charge in [-0.05, 0) is 12.6 Å². The van der Waals surface area contributed by atoms with Crippen LogP contribution in [-0.2, 0) is 0 Å². The van der Waals surface area contributed by atoms with E-state index in [1.165, 1.54) is 6.33 Å². The van der Waals surface area contributed by atoms with Gasteiger partial charge in [-0.25, -0.2) is 9.97 Å². The summed E-state index contributed by atoms with van der Waals surface area (Å²) in [6.07, 6.45) is 1.47. The summed E-state index contributed by atoms with van der Waals surface area (Å²) in [7, 11) is 0. The summed E-state index contributed by atoms with van der Waals surface area (Å²) in [5, 5.41) is 0.831. The van der Waals surface area contributed by atoms with Crippen LogP contribution in [0.3, 0.4) is 0 Å². The summed E-state index contributed by atoms with van der Waals surface area (Å²) in [4.78, 5) is 25.3. The minimum absolute atomic E-state index is 0.0133. The third kappa shape index (κ3) is 2.36. The number of para-hydroxylation sites is 1. The number of fused-ring (bicyclic) bond motifs is 1. The average Bonchev–Trinajstić information content (AvgIpc) is 2.54. The molecule has 3 rings (SSSR count). The summed E-state index contributed by atoms with van der Waals surface area (Å²) in [6.45, 7) is 6.60. The fourth-order valence-corrected chi connectivity index (χ4v) is 2.59. The number of rotatable bonds is 2. The van der Waals surface area contributed by atoms with Crippen LogP contribution in [0.4, 0.5) is 0 Å². The van der Waals surface area contributed by atoms with E-state index in [-0.39, 0.29) is 5.91 Å². The molecule has 2 heterocycles. The second kappa shape index (κ2) is 5.54. The van der Waals surface area contributed by atoms with Crippen molar-refractivity contribution in [1.82, 2.24) is 19.8 Å². The highest BCUT2D eigenvalue weighted by molar-refractivity contribution is 6.04. The van der Waals surface area contributed by atoms with Gasteiger partial charge in [0.15, 0.2) is 0 Å². The molecule has 5 heteroatoms. The van der Waals surface area contributed by atoms with Gasteiger partial charge in [0.25, 0.3) is 5.91 Å². The van der Waals surface area contributed by atoms with Gasteiger partial charge in [-0.3, -0.25) is 4.79 Å².